The Labute approximate surface area is 119 Å². The van der Waals surface area contributed by atoms with Gasteiger partial charge < -0.3 is 5.32 Å². The molecule has 0 saturated heterocycles. The quantitative estimate of drug-likeness (QED) is 0.920. The maximum absolute atomic E-state index is 11.6. The maximum Gasteiger partial charge on any atom is 0.255 e. The molecule has 0 radical (unpaired) electrons. The molecule has 1 aromatic carbocycles. The largest absolute Gasteiger partial charge is 0.357 e. The predicted octanol–water partition coefficient (Wildman–Crippen LogP) is 2.80. The molecule has 1 aliphatic rings. The third-order valence-corrected chi connectivity index (χ3v) is 3.47. The average molecular weight is 272 g/mol. The second-order valence-corrected chi connectivity index (χ2v) is 5.46. The molecule has 0 saturated carbocycles. The first-order chi connectivity index (χ1) is 9.38. The Hall–Kier alpha value is -2.10. The molecule has 0 bridgehead atoms. The molecule has 2 rings (SSSR count). The molecule has 1 heterocycles. The number of carbonyl (C=O) groups is 2. The summed E-state index contributed by atoms with van der Waals surface area (Å²) in [5, 5.41) is 3.21. The van der Waals surface area contributed by atoms with Gasteiger partial charge in [0.05, 0.1) is 6.54 Å². The van der Waals surface area contributed by atoms with Gasteiger partial charge in [-0.05, 0) is 36.1 Å². The number of carbonyl (C=O) groups excluding carboxylic acids is 2. The number of nitrogens with zero attached hydrogens (tertiary/aromatic N) is 1. The normalized spacial score (nSPS) is 14.8. The van der Waals surface area contributed by atoms with Gasteiger partial charge in [-0.15, -0.1) is 0 Å². The molecule has 0 aromatic heterocycles. The van der Waals surface area contributed by atoms with E-state index in [1.54, 1.807) is 0 Å². The molecule has 106 valence electrons. The van der Waals surface area contributed by atoms with Crippen LogP contribution in [0.25, 0.3) is 0 Å². The fourth-order valence-electron chi connectivity index (χ4n) is 2.45. The van der Waals surface area contributed by atoms with Gasteiger partial charge in [0.15, 0.2) is 0 Å². The van der Waals surface area contributed by atoms with Crippen molar-refractivity contribution < 1.29 is 9.59 Å². The predicted molar refractivity (Wildman–Crippen MR) is 79.4 cm³/mol. The molecule has 1 aromatic rings. The number of rotatable bonds is 3. The number of amides is 2. The van der Waals surface area contributed by atoms with Crippen LogP contribution in [0.1, 0.15) is 37.8 Å². The van der Waals surface area contributed by atoms with Crippen molar-refractivity contribution in [2.45, 2.75) is 33.6 Å². The van der Waals surface area contributed by atoms with Gasteiger partial charge in [-0.1, -0.05) is 19.9 Å². The minimum atomic E-state index is -0.254. The van der Waals surface area contributed by atoms with E-state index >= 15 is 0 Å². The highest BCUT2D eigenvalue weighted by atomic mass is 16.2. The Morgan fingerprint density at radius 3 is 2.55 bits per heavy atom. The second kappa shape index (κ2) is 5.49. The lowest BCUT2D eigenvalue weighted by atomic mass is 9.98. The van der Waals surface area contributed by atoms with Crippen LogP contribution in [0.15, 0.2) is 30.0 Å². The summed E-state index contributed by atoms with van der Waals surface area (Å²) in [5.41, 5.74) is 4.23. The summed E-state index contributed by atoms with van der Waals surface area (Å²) in [6, 6.07) is 6.17. The molecule has 1 aliphatic heterocycles. The summed E-state index contributed by atoms with van der Waals surface area (Å²) >= 11 is 0. The fraction of sp³-hybridized carbons (Fsp3) is 0.375. The van der Waals surface area contributed by atoms with Crippen molar-refractivity contribution in [1.29, 1.82) is 0 Å². The first-order valence-electron chi connectivity index (χ1n) is 6.78. The van der Waals surface area contributed by atoms with E-state index in [0.717, 1.165) is 11.4 Å². The zero-order valence-corrected chi connectivity index (χ0v) is 12.4. The molecular formula is C16H20N2O2. The summed E-state index contributed by atoms with van der Waals surface area (Å²) < 4.78 is 0. The van der Waals surface area contributed by atoms with Gasteiger partial charge in [0, 0.05) is 24.4 Å². The molecule has 4 heteroatoms. The van der Waals surface area contributed by atoms with E-state index in [1.165, 1.54) is 29.0 Å². The SMILES string of the molecule is CC(=O)N1CC(Nc2ccc(C(C)C)c(C)c2)=CC1=O. The van der Waals surface area contributed by atoms with E-state index in [0.29, 0.717) is 12.5 Å². The average Bonchev–Trinajstić information content (AvgIpc) is 2.70. The van der Waals surface area contributed by atoms with Crippen molar-refractivity contribution in [3.05, 3.63) is 41.1 Å². The van der Waals surface area contributed by atoms with Crippen LogP contribution < -0.4 is 5.32 Å². The summed E-state index contributed by atoms with van der Waals surface area (Å²) in [7, 11) is 0. The van der Waals surface area contributed by atoms with Gasteiger partial charge >= 0.3 is 0 Å². The molecule has 0 aliphatic carbocycles. The second-order valence-electron chi connectivity index (χ2n) is 5.46. The lowest BCUT2D eigenvalue weighted by Crippen LogP contribution is -2.31. The van der Waals surface area contributed by atoms with Gasteiger partial charge in [0.1, 0.15) is 0 Å². The number of aryl methyl sites for hydroxylation is 1. The summed E-state index contributed by atoms with van der Waals surface area (Å²) in [6.07, 6.45) is 1.48. The van der Waals surface area contributed by atoms with E-state index in [4.69, 9.17) is 0 Å². The Morgan fingerprint density at radius 1 is 1.35 bits per heavy atom. The molecule has 4 nitrogen and oxygen atoms in total. The molecule has 2 amide bonds. The van der Waals surface area contributed by atoms with Crippen molar-refractivity contribution >= 4 is 17.5 Å². The van der Waals surface area contributed by atoms with Crippen molar-refractivity contribution in [3.63, 3.8) is 0 Å². The van der Waals surface area contributed by atoms with E-state index < -0.39 is 0 Å². The number of anilines is 1. The standard InChI is InChI=1S/C16H20N2O2/c1-10(2)15-6-5-13(7-11(15)3)17-14-8-16(20)18(9-14)12(4)19/h5-8,10,17H,9H2,1-4H3. The van der Waals surface area contributed by atoms with Crippen LogP contribution in [-0.4, -0.2) is 23.3 Å². The van der Waals surface area contributed by atoms with Crippen molar-refractivity contribution in [3.8, 4) is 0 Å². The molecule has 20 heavy (non-hydrogen) atoms. The monoisotopic (exact) mass is 272 g/mol. The van der Waals surface area contributed by atoms with Crippen molar-refractivity contribution in [2.75, 3.05) is 11.9 Å². The first kappa shape index (κ1) is 14.3. The van der Waals surface area contributed by atoms with Crippen LogP contribution in [0.4, 0.5) is 5.69 Å². The summed E-state index contributed by atoms with van der Waals surface area (Å²) in [5.74, 6) is 0.00874. The van der Waals surface area contributed by atoms with Crippen molar-refractivity contribution in [2.24, 2.45) is 0 Å². The van der Waals surface area contributed by atoms with E-state index in [9.17, 15) is 9.59 Å². The lowest BCUT2D eigenvalue weighted by Gasteiger charge is -2.15. The van der Waals surface area contributed by atoms with Crippen LogP contribution >= 0.6 is 0 Å². The molecule has 0 atom stereocenters. The van der Waals surface area contributed by atoms with Gasteiger partial charge in [-0.2, -0.15) is 0 Å². The molecule has 1 N–H and O–H groups in total. The topological polar surface area (TPSA) is 49.4 Å². The Balaban J connectivity index is 2.12. The lowest BCUT2D eigenvalue weighted by molar-refractivity contribution is -0.138. The zero-order chi connectivity index (χ0) is 14.9. The minimum Gasteiger partial charge on any atom is -0.357 e. The zero-order valence-electron chi connectivity index (χ0n) is 12.4. The van der Waals surface area contributed by atoms with Crippen LogP contribution in [0.5, 0.6) is 0 Å². The first-order valence-corrected chi connectivity index (χ1v) is 6.78. The number of benzene rings is 1. The Bertz CT molecular complexity index is 588. The number of nitrogens with one attached hydrogen (secondary N) is 1. The molecule has 0 spiro atoms. The van der Waals surface area contributed by atoms with Gasteiger partial charge in [-0.25, -0.2) is 0 Å². The van der Waals surface area contributed by atoms with Gasteiger partial charge in [0.2, 0.25) is 5.91 Å². The van der Waals surface area contributed by atoms with Crippen LogP contribution in [0.3, 0.4) is 0 Å². The minimum absolute atomic E-state index is 0.227. The fourth-order valence-corrected chi connectivity index (χ4v) is 2.45. The molecule has 0 unspecified atom stereocenters. The third kappa shape index (κ3) is 2.90. The van der Waals surface area contributed by atoms with Crippen LogP contribution in [0, 0.1) is 6.92 Å². The Morgan fingerprint density at radius 2 is 2.05 bits per heavy atom. The smallest absolute Gasteiger partial charge is 0.255 e. The number of hydrogen-bond donors (Lipinski definition) is 1. The van der Waals surface area contributed by atoms with Crippen LogP contribution in [0.2, 0.25) is 0 Å². The van der Waals surface area contributed by atoms with E-state index in [-0.39, 0.29) is 11.8 Å². The summed E-state index contributed by atoms with van der Waals surface area (Å²) in [4.78, 5) is 24.1. The summed E-state index contributed by atoms with van der Waals surface area (Å²) in [6.45, 7) is 8.13. The van der Waals surface area contributed by atoms with E-state index in [1.807, 2.05) is 6.07 Å². The highest BCUT2D eigenvalue weighted by molar-refractivity contribution is 6.03. The van der Waals surface area contributed by atoms with Crippen LogP contribution in [-0.2, 0) is 9.59 Å². The third-order valence-electron chi connectivity index (χ3n) is 3.47. The maximum atomic E-state index is 11.6. The number of hydrogen-bond acceptors (Lipinski definition) is 3. The molecule has 0 fully saturated rings. The van der Waals surface area contributed by atoms with Crippen molar-refractivity contribution in [1.82, 2.24) is 4.90 Å². The highest BCUT2D eigenvalue weighted by Gasteiger charge is 2.24. The highest BCUT2D eigenvalue weighted by Crippen LogP contribution is 2.23. The van der Waals surface area contributed by atoms with Gasteiger partial charge in [-0.3, -0.25) is 14.5 Å². The van der Waals surface area contributed by atoms with Gasteiger partial charge in [0.25, 0.3) is 5.91 Å². The molecular weight excluding hydrogens is 252 g/mol. The van der Waals surface area contributed by atoms with E-state index in [2.05, 4.69) is 38.2 Å². The number of imide groups is 1. The Kier molecular flexibility index (Phi) is 3.93.